The zero-order valence-corrected chi connectivity index (χ0v) is 12.3. The average molecular weight is 336 g/mol. The van der Waals surface area contributed by atoms with Gasteiger partial charge in [0.25, 0.3) is 0 Å². The van der Waals surface area contributed by atoms with Gasteiger partial charge in [0.05, 0.1) is 5.76 Å². The van der Waals surface area contributed by atoms with Crippen molar-refractivity contribution in [2.24, 2.45) is 5.92 Å². The molecule has 0 atom stereocenters. The van der Waals surface area contributed by atoms with E-state index in [-0.39, 0.29) is 0 Å². The van der Waals surface area contributed by atoms with Crippen LogP contribution in [-0.4, -0.2) is 10.4 Å². The molecule has 1 fully saturated rings. The molecule has 0 saturated heterocycles. The fourth-order valence-electron chi connectivity index (χ4n) is 1.77. The van der Waals surface area contributed by atoms with E-state index < -0.39 is 0 Å². The van der Waals surface area contributed by atoms with Crippen LogP contribution in [0.5, 0.6) is 0 Å². The number of aliphatic hydroxyl groups excluding tert-OH is 1. The third-order valence-corrected chi connectivity index (χ3v) is 4.32. The molecule has 0 aliphatic heterocycles. The van der Waals surface area contributed by atoms with Crippen molar-refractivity contribution >= 4 is 39.1 Å². The fraction of sp³-hybridized carbons (Fsp3) is 0.385. The molecule has 1 aromatic carbocycles. The fourth-order valence-corrected chi connectivity index (χ4v) is 2.78. The van der Waals surface area contributed by atoms with Gasteiger partial charge in [0.1, 0.15) is 0 Å². The second kappa shape index (κ2) is 5.64. The molecule has 2 rings (SSSR count). The molecule has 1 aliphatic rings. The van der Waals surface area contributed by atoms with E-state index in [1.165, 1.54) is 0 Å². The predicted molar refractivity (Wildman–Crippen MR) is 76.3 cm³/mol. The first-order valence-corrected chi connectivity index (χ1v) is 7.41. The Balaban J connectivity index is 2.27. The average Bonchev–Trinajstić information content (AvgIpc) is 3.12. The van der Waals surface area contributed by atoms with Gasteiger partial charge in [0.2, 0.25) is 0 Å². The van der Waals surface area contributed by atoms with Gasteiger partial charge in [-0.25, -0.2) is 0 Å². The summed E-state index contributed by atoms with van der Waals surface area (Å²) in [6, 6.07) is 5.47. The van der Waals surface area contributed by atoms with Crippen molar-refractivity contribution in [1.29, 1.82) is 0 Å². The summed E-state index contributed by atoms with van der Waals surface area (Å²) in [4.78, 5) is 0. The second-order valence-corrected chi connectivity index (χ2v) is 5.65. The minimum Gasteiger partial charge on any atom is -0.512 e. The minimum atomic E-state index is 0.351. The van der Waals surface area contributed by atoms with Gasteiger partial charge in [-0.15, -0.1) is 0 Å². The summed E-state index contributed by atoms with van der Waals surface area (Å²) in [5, 5.41) is 12.0. The monoisotopic (exact) mass is 334 g/mol. The zero-order valence-electron chi connectivity index (χ0n) is 9.22. The van der Waals surface area contributed by atoms with Gasteiger partial charge >= 0.3 is 0 Å². The van der Waals surface area contributed by atoms with Crippen LogP contribution in [0.15, 0.2) is 29.5 Å². The Kier molecular flexibility index (Phi) is 4.40. The summed E-state index contributed by atoms with van der Waals surface area (Å²) in [7, 11) is 0. The van der Waals surface area contributed by atoms with E-state index in [9.17, 15) is 5.11 Å². The molecule has 0 radical (unpaired) electrons. The molecule has 1 aromatic rings. The van der Waals surface area contributed by atoms with Gasteiger partial charge in [-0.2, -0.15) is 0 Å². The van der Waals surface area contributed by atoms with Crippen LogP contribution in [0.2, 0.25) is 10.0 Å². The third-order valence-electron chi connectivity index (χ3n) is 2.94. The number of hydrogen-bond donors (Lipinski definition) is 1. The van der Waals surface area contributed by atoms with E-state index >= 15 is 0 Å². The van der Waals surface area contributed by atoms with Crippen LogP contribution >= 0.6 is 39.1 Å². The van der Waals surface area contributed by atoms with Crippen molar-refractivity contribution in [3.8, 4) is 0 Å². The quantitative estimate of drug-likeness (QED) is 0.595. The number of alkyl halides is 1. The van der Waals surface area contributed by atoms with E-state index in [1.807, 2.05) is 18.2 Å². The smallest absolute Gasteiger partial charge is 0.0957 e. The van der Waals surface area contributed by atoms with Crippen molar-refractivity contribution in [2.45, 2.75) is 19.3 Å². The molecular weight excluding hydrogens is 323 g/mol. The van der Waals surface area contributed by atoms with Gasteiger partial charge < -0.3 is 5.11 Å². The highest BCUT2D eigenvalue weighted by Crippen LogP contribution is 2.38. The molecule has 1 nitrogen and oxygen atoms in total. The topological polar surface area (TPSA) is 20.2 Å². The van der Waals surface area contributed by atoms with Gasteiger partial charge in [-0.1, -0.05) is 45.2 Å². The van der Waals surface area contributed by atoms with Crippen LogP contribution in [0.25, 0.3) is 0 Å². The second-order valence-electron chi connectivity index (χ2n) is 4.27. The lowest BCUT2D eigenvalue weighted by molar-refractivity contribution is 0.371. The molecule has 0 amide bonds. The highest BCUT2D eigenvalue weighted by Gasteiger charge is 2.28. The Morgan fingerprint density at radius 1 is 1.29 bits per heavy atom. The van der Waals surface area contributed by atoms with Gasteiger partial charge in [-0.05, 0) is 36.1 Å². The molecule has 92 valence electrons. The largest absolute Gasteiger partial charge is 0.512 e. The van der Waals surface area contributed by atoms with E-state index in [2.05, 4.69) is 15.9 Å². The summed E-state index contributed by atoms with van der Waals surface area (Å²) in [6.45, 7) is 0. The van der Waals surface area contributed by atoms with Crippen LogP contribution in [0.3, 0.4) is 0 Å². The molecular formula is C13H13BrCl2O. The molecule has 4 heteroatoms. The van der Waals surface area contributed by atoms with E-state index in [0.29, 0.717) is 33.5 Å². The predicted octanol–water partition coefficient (Wildman–Crippen LogP) is 5.15. The van der Waals surface area contributed by atoms with Crippen molar-refractivity contribution in [3.05, 3.63) is 45.1 Å². The molecule has 1 N–H and O–H groups in total. The first-order chi connectivity index (χ1) is 8.13. The summed E-state index contributed by atoms with van der Waals surface area (Å²) < 4.78 is 0. The van der Waals surface area contributed by atoms with Crippen LogP contribution in [0.4, 0.5) is 0 Å². The van der Waals surface area contributed by atoms with E-state index in [0.717, 1.165) is 24.0 Å². The van der Waals surface area contributed by atoms with Gasteiger partial charge in [0.15, 0.2) is 0 Å². The summed E-state index contributed by atoms with van der Waals surface area (Å²) in [6.07, 6.45) is 2.77. The normalized spacial score (nSPS) is 16.9. The van der Waals surface area contributed by atoms with Crippen molar-refractivity contribution in [3.63, 3.8) is 0 Å². The molecule has 1 saturated carbocycles. The van der Waals surface area contributed by atoms with E-state index in [1.54, 1.807) is 0 Å². The minimum absolute atomic E-state index is 0.351. The zero-order chi connectivity index (χ0) is 12.4. The van der Waals surface area contributed by atoms with E-state index in [4.69, 9.17) is 23.2 Å². The highest BCUT2D eigenvalue weighted by molar-refractivity contribution is 9.09. The Morgan fingerprint density at radius 3 is 2.35 bits per heavy atom. The van der Waals surface area contributed by atoms with Crippen molar-refractivity contribution in [1.82, 2.24) is 0 Å². The van der Waals surface area contributed by atoms with Gasteiger partial charge in [0, 0.05) is 27.7 Å². The Morgan fingerprint density at radius 2 is 1.88 bits per heavy atom. The number of rotatable bonds is 4. The Hall–Kier alpha value is -0.180. The first kappa shape index (κ1) is 13.3. The highest BCUT2D eigenvalue weighted by atomic mass is 79.9. The molecule has 1 aliphatic carbocycles. The van der Waals surface area contributed by atoms with Crippen molar-refractivity contribution < 1.29 is 5.11 Å². The Bertz CT molecular complexity index is 432. The number of hydrogen-bond acceptors (Lipinski definition) is 1. The van der Waals surface area contributed by atoms with Crippen LogP contribution in [-0.2, 0) is 6.42 Å². The SMILES string of the molecule is O/C(=C(/CBr)Cc1c(Cl)cccc1Cl)C1CC1. The number of allylic oxidation sites excluding steroid dienone is 2. The summed E-state index contributed by atoms with van der Waals surface area (Å²) in [5.74, 6) is 0.863. The number of benzene rings is 1. The molecule has 0 unspecified atom stereocenters. The van der Waals surface area contributed by atoms with Crippen LogP contribution in [0, 0.1) is 5.92 Å². The van der Waals surface area contributed by atoms with Gasteiger partial charge in [-0.3, -0.25) is 0 Å². The maximum absolute atomic E-state index is 10.1. The van der Waals surface area contributed by atoms with Crippen LogP contribution < -0.4 is 0 Å². The molecule has 0 spiro atoms. The lowest BCUT2D eigenvalue weighted by atomic mass is 10.0. The summed E-state index contributed by atoms with van der Waals surface area (Å²) in [5.41, 5.74) is 1.86. The van der Waals surface area contributed by atoms with Crippen molar-refractivity contribution in [2.75, 3.05) is 5.33 Å². The maximum Gasteiger partial charge on any atom is 0.0957 e. The Labute approximate surface area is 120 Å². The first-order valence-electron chi connectivity index (χ1n) is 5.53. The molecule has 0 aromatic heterocycles. The van der Waals surface area contributed by atoms with Crippen LogP contribution in [0.1, 0.15) is 18.4 Å². The maximum atomic E-state index is 10.1. The number of aliphatic hydroxyl groups is 1. The number of halogens is 3. The lowest BCUT2D eigenvalue weighted by Gasteiger charge is -2.11. The third kappa shape index (κ3) is 3.18. The molecule has 0 heterocycles. The standard InChI is InChI=1S/C13H13BrCl2O/c14-7-9(13(17)8-4-5-8)6-10-11(15)2-1-3-12(10)16/h1-3,8,17H,4-7H2/b13-9+. The molecule has 0 bridgehead atoms. The molecule has 17 heavy (non-hydrogen) atoms. The lowest BCUT2D eigenvalue weighted by Crippen LogP contribution is -2.00. The summed E-state index contributed by atoms with van der Waals surface area (Å²) >= 11 is 15.7.